The molecule has 3 aromatic rings. The summed E-state index contributed by atoms with van der Waals surface area (Å²) in [6, 6.07) is 14.8. The van der Waals surface area contributed by atoms with Crippen LogP contribution in [-0.4, -0.2) is 11.0 Å². The largest absolute Gasteiger partial charge is 0.302 e. The summed E-state index contributed by atoms with van der Waals surface area (Å²) in [7, 11) is -4.17. The third kappa shape index (κ3) is 4.02. The molecule has 0 spiro atoms. The molecule has 0 aromatic heterocycles. The third-order valence-electron chi connectivity index (χ3n) is 6.07. The van der Waals surface area contributed by atoms with Gasteiger partial charge in [0.25, 0.3) is 0 Å². The second-order valence-electron chi connectivity index (χ2n) is 8.75. The lowest BCUT2D eigenvalue weighted by molar-refractivity contribution is 0.104. The van der Waals surface area contributed by atoms with Gasteiger partial charge in [-0.25, -0.2) is 0 Å². The van der Waals surface area contributed by atoms with Gasteiger partial charge in [-0.05, 0) is 75.8 Å². The van der Waals surface area contributed by atoms with E-state index in [0.717, 1.165) is 38.9 Å². The number of carbonyl (C=O) groups excluding carboxylic acids is 2. The van der Waals surface area contributed by atoms with E-state index in [4.69, 9.17) is 0 Å². The minimum absolute atomic E-state index is 0.358. The van der Waals surface area contributed by atoms with E-state index < -0.39 is 18.2 Å². The molecular weight excluding hydrogens is 415 g/mol. The number of hydrogen-bond donors (Lipinski definition) is 0. The van der Waals surface area contributed by atoms with E-state index in [-0.39, 0.29) is 0 Å². The molecule has 3 nitrogen and oxygen atoms in total. The van der Waals surface area contributed by atoms with Gasteiger partial charge in [-0.2, -0.15) is 0 Å². The van der Waals surface area contributed by atoms with Crippen molar-refractivity contribution < 1.29 is 14.2 Å². The van der Waals surface area contributed by atoms with Gasteiger partial charge in [-0.1, -0.05) is 66.6 Å². The summed E-state index contributed by atoms with van der Waals surface area (Å²) >= 11 is 0. The van der Waals surface area contributed by atoms with Crippen LogP contribution in [0.1, 0.15) is 66.6 Å². The van der Waals surface area contributed by atoms with Gasteiger partial charge < -0.3 is 4.57 Å². The molecule has 3 rings (SSSR count). The van der Waals surface area contributed by atoms with E-state index in [9.17, 15) is 14.2 Å². The predicted octanol–water partition coefficient (Wildman–Crippen LogP) is 6.77. The van der Waals surface area contributed by atoms with E-state index in [1.165, 1.54) is 0 Å². The van der Waals surface area contributed by atoms with Crippen LogP contribution in [0.3, 0.4) is 0 Å². The molecule has 0 heterocycles. The zero-order valence-electron chi connectivity index (χ0n) is 20.0. The van der Waals surface area contributed by atoms with Gasteiger partial charge >= 0.3 is 0 Å². The van der Waals surface area contributed by atoms with E-state index in [1.807, 2.05) is 84.9 Å². The van der Waals surface area contributed by atoms with Crippen LogP contribution in [-0.2, 0) is 11.0 Å². The molecule has 0 fully saturated rings. The highest BCUT2D eigenvalue weighted by atomic mass is 31.2. The Bertz CT molecular complexity index is 1160. The van der Waals surface area contributed by atoms with Crippen molar-refractivity contribution in [2.75, 3.05) is 0 Å². The SMILES string of the molecule is CCc1ccccc1P(=O)(C(=O)c1c(C)cc(C)cc1C)C(=O)c1c(C)cc(C)cc1C. The first-order valence-corrected chi connectivity index (χ1v) is 12.7. The number of rotatable bonds is 6. The molecule has 166 valence electrons. The molecule has 32 heavy (non-hydrogen) atoms. The van der Waals surface area contributed by atoms with Crippen molar-refractivity contribution in [3.8, 4) is 0 Å². The fourth-order valence-corrected chi connectivity index (χ4v) is 7.67. The minimum Gasteiger partial charge on any atom is -0.302 e. The number of carbonyl (C=O) groups is 2. The monoisotopic (exact) mass is 446 g/mol. The van der Waals surface area contributed by atoms with Crippen LogP contribution in [0.4, 0.5) is 0 Å². The van der Waals surface area contributed by atoms with E-state index in [2.05, 4.69) is 0 Å². The molecule has 0 atom stereocenters. The number of aryl methyl sites for hydroxylation is 7. The molecular formula is C28H31O3P. The van der Waals surface area contributed by atoms with Gasteiger partial charge in [0.1, 0.15) is 0 Å². The lowest BCUT2D eigenvalue weighted by Gasteiger charge is -2.23. The van der Waals surface area contributed by atoms with Crippen LogP contribution in [0.25, 0.3) is 0 Å². The molecule has 3 aromatic carbocycles. The van der Waals surface area contributed by atoms with Crippen molar-refractivity contribution >= 4 is 23.5 Å². The Kier molecular flexibility index (Phi) is 6.72. The maximum absolute atomic E-state index is 14.9. The summed E-state index contributed by atoms with van der Waals surface area (Å²) in [5.41, 5.74) is 5.42. The molecule has 0 aliphatic rings. The van der Waals surface area contributed by atoms with Crippen molar-refractivity contribution in [1.29, 1.82) is 0 Å². The fourth-order valence-electron chi connectivity index (χ4n) is 4.78. The van der Waals surface area contributed by atoms with Crippen molar-refractivity contribution in [1.82, 2.24) is 0 Å². The van der Waals surface area contributed by atoms with Crippen molar-refractivity contribution in [3.63, 3.8) is 0 Å². The Morgan fingerprint density at radius 3 is 1.44 bits per heavy atom. The van der Waals surface area contributed by atoms with Gasteiger partial charge in [0.15, 0.2) is 0 Å². The molecule has 0 unspecified atom stereocenters. The molecule has 0 saturated carbocycles. The third-order valence-corrected chi connectivity index (χ3v) is 8.77. The van der Waals surface area contributed by atoms with Gasteiger partial charge in [-0.3, -0.25) is 9.59 Å². The maximum Gasteiger partial charge on any atom is 0.248 e. The van der Waals surface area contributed by atoms with Crippen molar-refractivity contribution in [2.24, 2.45) is 0 Å². The molecule has 0 amide bonds. The van der Waals surface area contributed by atoms with Crippen LogP contribution < -0.4 is 5.30 Å². The first-order chi connectivity index (χ1) is 15.0. The van der Waals surface area contributed by atoms with Crippen LogP contribution in [0, 0.1) is 41.5 Å². The van der Waals surface area contributed by atoms with Gasteiger partial charge in [0.2, 0.25) is 18.2 Å². The smallest absolute Gasteiger partial charge is 0.248 e. The van der Waals surface area contributed by atoms with Crippen LogP contribution in [0.15, 0.2) is 48.5 Å². The lowest BCUT2D eigenvalue weighted by atomic mass is 10.0. The summed E-state index contributed by atoms with van der Waals surface area (Å²) in [5, 5.41) is 0.358. The standard InChI is InChI=1S/C28H31O3P/c1-8-23-11-9-10-12-24(23)32(31,27(29)25-19(4)13-17(2)14-20(25)5)28(30)26-21(6)15-18(3)16-22(26)7/h9-16H,8H2,1-7H3. The van der Waals surface area contributed by atoms with Gasteiger partial charge in [-0.15, -0.1) is 0 Å². The average molecular weight is 447 g/mol. The fraction of sp³-hybridized carbons (Fsp3) is 0.286. The Hall–Kier alpha value is -2.77. The molecule has 0 bridgehead atoms. The summed E-state index contributed by atoms with van der Waals surface area (Å²) in [4.78, 5) is 28.2. The topological polar surface area (TPSA) is 51.2 Å². The molecule has 0 N–H and O–H groups in total. The highest BCUT2D eigenvalue weighted by Gasteiger charge is 2.45. The van der Waals surface area contributed by atoms with E-state index in [0.29, 0.717) is 22.9 Å². The van der Waals surface area contributed by atoms with E-state index in [1.54, 1.807) is 12.1 Å². The summed E-state index contributed by atoms with van der Waals surface area (Å²) < 4.78 is 14.9. The molecule has 4 heteroatoms. The maximum atomic E-state index is 14.9. The van der Waals surface area contributed by atoms with Crippen LogP contribution in [0.5, 0.6) is 0 Å². The highest BCUT2D eigenvalue weighted by molar-refractivity contribution is 8.01. The van der Waals surface area contributed by atoms with Crippen molar-refractivity contribution in [3.05, 3.63) is 98.6 Å². The predicted molar refractivity (Wildman–Crippen MR) is 133 cm³/mol. The molecule has 0 saturated heterocycles. The summed E-state index contributed by atoms with van der Waals surface area (Å²) in [6.45, 7) is 13.2. The Balaban J connectivity index is 2.38. The van der Waals surface area contributed by atoms with Gasteiger partial charge in [0.05, 0.1) is 0 Å². The highest BCUT2D eigenvalue weighted by Crippen LogP contribution is 2.53. The zero-order chi connectivity index (χ0) is 23.8. The first kappa shape index (κ1) is 23.9. The summed E-state index contributed by atoms with van der Waals surface area (Å²) in [6.07, 6.45) is 0.582. The first-order valence-electron chi connectivity index (χ1n) is 11.0. The van der Waals surface area contributed by atoms with Crippen LogP contribution >= 0.6 is 7.14 Å². The van der Waals surface area contributed by atoms with Crippen LogP contribution in [0.2, 0.25) is 0 Å². The normalized spacial score (nSPS) is 11.5. The molecule has 0 aliphatic carbocycles. The second-order valence-corrected chi connectivity index (χ2v) is 11.3. The van der Waals surface area contributed by atoms with E-state index >= 15 is 0 Å². The molecule has 0 aliphatic heterocycles. The Morgan fingerprint density at radius 1 is 0.688 bits per heavy atom. The number of hydrogen-bond acceptors (Lipinski definition) is 3. The second kappa shape index (κ2) is 9.00. The minimum atomic E-state index is -4.17. The van der Waals surface area contributed by atoms with Gasteiger partial charge in [0, 0.05) is 16.4 Å². The van der Waals surface area contributed by atoms with Crippen molar-refractivity contribution in [2.45, 2.75) is 54.9 Å². The summed E-state index contributed by atoms with van der Waals surface area (Å²) in [5.74, 6) is 0. The number of benzene rings is 3. The zero-order valence-corrected chi connectivity index (χ0v) is 20.9. The lowest BCUT2D eigenvalue weighted by Crippen LogP contribution is -2.25. The Labute approximate surface area is 191 Å². The Morgan fingerprint density at radius 2 is 1.06 bits per heavy atom. The quantitative estimate of drug-likeness (QED) is 0.393. The molecule has 0 radical (unpaired) electrons. The average Bonchev–Trinajstić information content (AvgIpc) is 2.71.